The summed E-state index contributed by atoms with van der Waals surface area (Å²) < 4.78 is 0. The molecule has 0 aliphatic rings. The van der Waals surface area contributed by atoms with Gasteiger partial charge in [-0.15, -0.1) is 0 Å². The summed E-state index contributed by atoms with van der Waals surface area (Å²) in [6.07, 6.45) is 2.34. The lowest BCUT2D eigenvalue weighted by Crippen LogP contribution is -2.11. The Bertz CT molecular complexity index is 28.9. The SMILES string of the molecule is BNCCCCN. The van der Waals surface area contributed by atoms with E-state index in [4.69, 9.17) is 5.73 Å². The second-order valence-corrected chi connectivity index (χ2v) is 1.60. The van der Waals surface area contributed by atoms with Gasteiger partial charge in [0, 0.05) is 0 Å². The van der Waals surface area contributed by atoms with Crippen molar-refractivity contribution < 1.29 is 0 Å². The van der Waals surface area contributed by atoms with Gasteiger partial charge in [0.25, 0.3) is 0 Å². The minimum absolute atomic E-state index is 0.821. The summed E-state index contributed by atoms with van der Waals surface area (Å²) in [6.45, 7) is 1.92. The van der Waals surface area contributed by atoms with Gasteiger partial charge in [-0.3, -0.25) is 0 Å². The summed E-state index contributed by atoms with van der Waals surface area (Å²) in [7, 11) is 1.95. The maximum atomic E-state index is 5.24. The second-order valence-electron chi connectivity index (χ2n) is 1.60. The van der Waals surface area contributed by atoms with Crippen LogP contribution < -0.4 is 11.0 Å². The third-order valence-corrected chi connectivity index (χ3v) is 0.881. The normalized spacial score (nSPS) is 9.29. The average Bonchev–Trinajstić information content (AvgIpc) is 1.69. The van der Waals surface area contributed by atoms with E-state index in [9.17, 15) is 0 Å². The number of unbranched alkanes of at least 4 members (excludes halogenated alkanes) is 1. The monoisotopic (exact) mass is 100 g/mol. The highest BCUT2D eigenvalue weighted by molar-refractivity contribution is 6.04. The van der Waals surface area contributed by atoms with Gasteiger partial charge in [0.15, 0.2) is 7.98 Å². The Kier molecular flexibility index (Phi) is 5.97. The molecule has 3 heteroatoms. The highest BCUT2D eigenvalue weighted by Crippen LogP contribution is 1.79. The van der Waals surface area contributed by atoms with E-state index >= 15 is 0 Å². The molecule has 0 heterocycles. The third-order valence-electron chi connectivity index (χ3n) is 0.881. The molecular weight excluding hydrogens is 86.9 g/mol. The largest absolute Gasteiger partial charge is 0.362 e. The summed E-state index contributed by atoms with van der Waals surface area (Å²) in [5.74, 6) is 0. The first-order valence-corrected chi connectivity index (χ1v) is 2.76. The van der Waals surface area contributed by atoms with E-state index in [2.05, 4.69) is 5.23 Å². The van der Waals surface area contributed by atoms with Gasteiger partial charge in [0.1, 0.15) is 0 Å². The molecule has 0 rings (SSSR count). The summed E-state index contributed by atoms with van der Waals surface area (Å²) >= 11 is 0. The van der Waals surface area contributed by atoms with Crippen molar-refractivity contribution in [2.75, 3.05) is 13.1 Å². The van der Waals surface area contributed by atoms with Gasteiger partial charge in [-0.05, 0) is 25.9 Å². The first-order valence-electron chi connectivity index (χ1n) is 2.76. The predicted molar refractivity (Wildman–Crippen MR) is 34.8 cm³/mol. The Morgan fingerprint density at radius 2 is 2.14 bits per heavy atom. The van der Waals surface area contributed by atoms with Crippen LogP contribution in [-0.4, -0.2) is 21.1 Å². The minimum Gasteiger partial charge on any atom is -0.362 e. The van der Waals surface area contributed by atoms with Crippen LogP contribution >= 0.6 is 0 Å². The van der Waals surface area contributed by atoms with Crippen molar-refractivity contribution in [3.8, 4) is 0 Å². The Balaban J connectivity index is 2.45. The minimum atomic E-state index is 0.821. The average molecular weight is 100.0 g/mol. The molecule has 0 bridgehead atoms. The molecule has 0 saturated heterocycles. The van der Waals surface area contributed by atoms with Gasteiger partial charge in [0.05, 0.1) is 0 Å². The molecule has 0 unspecified atom stereocenters. The maximum Gasteiger partial charge on any atom is 0.181 e. The number of hydrogen-bond acceptors (Lipinski definition) is 2. The molecule has 0 spiro atoms. The molecule has 2 nitrogen and oxygen atoms in total. The maximum absolute atomic E-state index is 5.24. The highest BCUT2D eigenvalue weighted by atomic mass is 14.7. The Morgan fingerprint density at radius 1 is 1.43 bits per heavy atom. The first kappa shape index (κ1) is 6.98. The highest BCUT2D eigenvalue weighted by Gasteiger charge is 1.78. The fraction of sp³-hybridized carbons (Fsp3) is 1.00. The van der Waals surface area contributed by atoms with Gasteiger partial charge >= 0.3 is 0 Å². The van der Waals surface area contributed by atoms with E-state index in [-0.39, 0.29) is 0 Å². The van der Waals surface area contributed by atoms with E-state index in [1.807, 2.05) is 7.98 Å². The zero-order valence-electron chi connectivity index (χ0n) is 4.91. The van der Waals surface area contributed by atoms with Crippen molar-refractivity contribution in [3.05, 3.63) is 0 Å². The fourth-order valence-corrected chi connectivity index (χ4v) is 0.446. The van der Waals surface area contributed by atoms with Crippen molar-refractivity contribution in [1.29, 1.82) is 0 Å². The van der Waals surface area contributed by atoms with Crippen LogP contribution in [-0.2, 0) is 0 Å². The summed E-state index contributed by atoms with van der Waals surface area (Å²) in [5.41, 5.74) is 5.24. The van der Waals surface area contributed by atoms with Crippen LogP contribution in [0.4, 0.5) is 0 Å². The molecule has 0 amide bonds. The molecule has 0 radical (unpaired) electrons. The number of hydrogen-bond donors (Lipinski definition) is 2. The van der Waals surface area contributed by atoms with Gasteiger partial charge in [-0.1, -0.05) is 0 Å². The molecule has 0 aliphatic carbocycles. The molecule has 0 atom stereocenters. The van der Waals surface area contributed by atoms with Gasteiger partial charge in [-0.25, -0.2) is 0 Å². The molecule has 0 aliphatic heterocycles. The van der Waals surface area contributed by atoms with Gasteiger partial charge < -0.3 is 11.0 Å². The molecule has 0 aromatic heterocycles. The third kappa shape index (κ3) is 5.98. The van der Waals surface area contributed by atoms with Crippen molar-refractivity contribution in [1.82, 2.24) is 5.23 Å². The first-order chi connectivity index (χ1) is 3.41. The fourth-order valence-electron chi connectivity index (χ4n) is 0.446. The standard InChI is InChI=1S/C4H13BN2/c5-7-4-2-1-3-6/h7H,1-6H2. The predicted octanol–water partition coefficient (Wildman–Crippen LogP) is -1.14. The summed E-state index contributed by atoms with van der Waals surface area (Å²) in [6, 6.07) is 0. The van der Waals surface area contributed by atoms with Crippen LogP contribution in [0.25, 0.3) is 0 Å². The number of rotatable bonds is 4. The molecular formula is C4H13BN2. The molecule has 7 heavy (non-hydrogen) atoms. The molecule has 0 saturated carbocycles. The van der Waals surface area contributed by atoms with Crippen molar-refractivity contribution in [2.24, 2.45) is 5.73 Å². The van der Waals surface area contributed by atoms with Crippen LogP contribution in [0.2, 0.25) is 0 Å². The van der Waals surface area contributed by atoms with Crippen molar-refractivity contribution in [2.45, 2.75) is 12.8 Å². The lowest BCUT2D eigenvalue weighted by atomic mass is 10.3. The smallest absolute Gasteiger partial charge is 0.181 e. The number of nitrogens with one attached hydrogen (secondary N) is 1. The number of nitrogens with two attached hydrogens (primary N) is 1. The van der Waals surface area contributed by atoms with Crippen LogP contribution in [0.3, 0.4) is 0 Å². The Hall–Kier alpha value is -0.0151. The van der Waals surface area contributed by atoms with Crippen LogP contribution in [0.1, 0.15) is 12.8 Å². The Labute approximate surface area is 45.9 Å². The zero-order valence-corrected chi connectivity index (χ0v) is 4.91. The zero-order chi connectivity index (χ0) is 5.54. The van der Waals surface area contributed by atoms with E-state index in [1.165, 1.54) is 6.42 Å². The summed E-state index contributed by atoms with van der Waals surface area (Å²) in [4.78, 5) is 0. The molecule has 3 N–H and O–H groups in total. The van der Waals surface area contributed by atoms with E-state index < -0.39 is 0 Å². The van der Waals surface area contributed by atoms with Crippen LogP contribution in [0.5, 0.6) is 0 Å². The van der Waals surface area contributed by atoms with Crippen LogP contribution in [0.15, 0.2) is 0 Å². The van der Waals surface area contributed by atoms with E-state index in [0.29, 0.717) is 0 Å². The van der Waals surface area contributed by atoms with Crippen LogP contribution in [0, 0.1) is 0 Å². The van der Waals surface area contributed by atoms with Gasteiger partial charge in [0.2, 0.25) is 0 Å². The van der Waals surface area contributed by atoms with E-state index in [1.54, 1.807) is 0 Å². The van der Waals surface area contributed by atoms with E-state index in [0.717, 1.165) is 19.5 Å². The summed E-state index contributed by atoms with van der Waals surface area (Å²) in [5, 5.41) is 3.05. The lowest BCUT2D eigenvalue weighted by Gasteiger charge is -1.93. The molecule has 0 fully saturated rings. The Morgan fingerprint density at radius 3 is 2.57 bits per heavy atom. The molecule has 0 aromatic rings. The second kappa shape index (κ2) is 5.98. The molecule has 42 valence electrons. The topological polar surface area (TPSA) is 38.0 Å². The van der Waals surface area contributed by atoms with Crippen molar-refractivity contribution >= 4 is 7.98 Å². The lowest BCUT2D eigenvalue weighted by molar-refractivity contribution is 0.729. The van der Waals surface area contributed by atoms with Gasteiger partial charge in [-0.2, -0.15) is 0 Å². The quantitative estimate of drug-likeness (QED) is 0.346. The molecule has 0 aromatic carbocycles. The van der Waals surface area contributed by atoms with Crippen molar-refractivity contribution in [3.63, 3.8) is 0 Å².